The molecule has 1 amide bonds. The van der Waals surface area contributed by atoms with Crippen molar-refractivity contribution in [3.63, 3.8) is 0 Å². The number of halogens is 2. The Morgan fingerprint density at radius 2 is 1.96 bits per heavy atom. The summed E-state index contributed by atoms with van der Waals surface area (Å²) in [5.74, 6) is -0.375. The first-order chi connectivity index (χ1) is 11.4. The van der Waals surface area contributed by atoms with Crippen LogP contribution in [0.5, 0.6) is 0 Å². The van der Waals surface area contributed by atoms with Crippen LogP contribution in [0.4, 0.5) is 4.39 Å². The third-order valence-corrected chi connectivity index (χ3v) is 4.51. The van der Waals surface area contributed by atoms with E-state index in [-0.39, 0.29) is 17.8 Å². The molecule has 1 atom stereocenters. The summed E-state index contributed by atoms with van der Waals surface area (Å²) in [5, 5.41) is 0.530. The van der Waals surface area contributed by atoms with Crippen LogP contribution in [0.15, 0.2) is 48.5 Å². The van der Waals surface area contributed by atoms with Gasteiger partial charge >= 0.3 is 0 Å². The SMILES string of the molecule is CC1(C)COC(c2ccc(F)cc2)CN1C(=O)c1cccc(Cl)c1. The van der Waals surface area contributed by atoms with Gasteiger partial charge in [-0.1, -0.05) is 29.8 Å². The van der Waals surface area contributed by atoms with Crippen LogP contribution in [0.2, 0.25) is 5.02 Å². The van der Waals surface area contributed by atoms with Gasteiger partial charge in [-0.15, -0.1) is 0 Å². The highest BCUT2D eigenvalue weighted by Crippen LogP contribution is 2.31. The van der Waals surface area contributed by atoms with E-state index in [1.165, 1.54) is 12.1 Å². The Kier molecular flexibility index (Phi) is 4.61. The van der Waals surface area contributed by atoms with E-state index in [0.29, 0.717) is 23.7 Å². The van der Waals surface area contributed by atoms with Crippen LogP contribution < -0.4 is 0 Å². The Hall–Kier alpha value is -1.91. The van der Waals surface area contributed by atoms with E-state index in [9.17, 15) is 9.18 Å². The summed E-state index contributed by atoms with van der Waals surface area (Å²) in [4.78, 5) is 14.8. The highest BCUT2D eigenvalue weighted by atomic mass is 35.5. The summed E-state index contributed by atoms with van der Waals surface area (Å²) in [5.41, 5.74) is 0.974. The van der Waals surface area contributed by atoms with Gasteiger partial charge in [0.05, 0.1) is 18.7 Å². The molecule has 1 heterocycles. The number of ether oxygens (including phenoxy) is 1. The van der Waals surface area contributed by atoms with Crippen molar-refractivity contribution in [1.82, 2.24) is 4.90 Å². The predicted octanol–water partition coefficient (Wildman–Crippen LogP) is 4.47. The molecular weight excluding hydrogens is 329 g/mol. The molecule has 0 spiro atoms. The molecule has 0 bridgehead atoms. The maximum Gasteiger partial charge on any atom is 0.254 e. The number of hydrogen-bond donors (Lipinski definition) is 0. The number of carbonyl (C=O) groups is 1. The van der Waals surface area contributed by atoms with Crippen molar-refractivity contribution in [1.29, 1.82) is 0 Å². The maximum atomic E-state index is 13.1. The van der Waals surface area contributed by atoms with Gasteiger partial charge in [-0.25, -0.2) is 4.39 Å². The average Bonchev–Trinajstić information content (AvgIpc) is 2.55. The minimum Gasteiger partial charge on any atom is -0.369 e. The molecule has 0 N–H and O–H groups in total. The molecule has 1 fully saturated rings. The molecule has 0 aromatic heterocycles. The fraction of sp³-hybridized carbons (Fsp3) is 0.316. The first kappa shape index (κ1) is 16.9. The highest BCUT2D eigenvalue weighted by Gasteiger charge is 2.38. The van der Waals surface area contributed by atoms with Crippen LogP contribution in [0.3, 0.4) is 0 Å². The van der Waals surface area contributed by atoms with E-state index in [2.05, 4.69) is 0 Å². The second-order valence-electron chi connectivity index (χ2n) is 6.59. The van der Waals surface area contributed by atoms with Crippen molar-refractivity contribution >= 4 is 17.5 Å². The van der Waals surface area contributed by atoms with Crippen LogP contribution in [0, 0.1) is 5.82 Å². The number of nitrogens with zero attached hydrogens (tertiary/aromatic N) is 1. The molecule has 0 saturated carbocycles. The second-order valence-corrected chi connectivity index (χ2v) is 7.03. The summed E-state index contributed by atoms with van der Waals surface area (Å²) in [7, 11) is 0. The van der Waals surface area contributed by atoms with Crippen LogP contribution in [-0.2, 0) is 4.74 Å². The van der Waals surface area contributed by atoms with Crippen molar-refractivity contribution < 1.29 is 13.9 Å². The van der Waals surface area contributed by atoms with E-state index in [4.69, 9.17) is 16.3 Å². The number of carbonyl (C=O) groups excluding carboxylic acids is 1. The van der Waals surface area contributed by atoms with Gasteiger partial charge in [0.1, 0.15) is 11.9 Å². The van der Waals surface area contributed by atoms with Crippen LogP contribution in [-0.4, -0.2) is 29.5 Å². The van der Waals surface area contributed by atoms with Crippen molar-refractivity contribution in [2.24, 2.45) is 0 Å². The topological polar surface area (TPSA) is 29.5 Å². The van der Waals surface area contributed by atoms with Gasteiger partial charge in [-0.2, -0.15) is 0 Å². The summed E-state index contributed by atoms with van der Waals surface area (Å²) in [6.07, 6.45) is -0.276. The van der Waals surface area contributed by atoms with Gasteiger partial charge in [0, 0.05) is 10.6 Å². The lowest BCUT2D eigenvalue weighted by Crippen LogP contribution is -2.56. The molecule has 126 valence electrons. The van der Waals surface area contributed by atoms with E-state index in [1.54, 1.807) is 41.3 Å². The molecule has 0 aliphatic carbocycles. The third kappa shape index (κ3) is 3.45. The third-order valence-electron chi connectivity index (χ3n) is 4.28. The lowest BCUT2D eigenvalue weighted by atomic mass is 9.97. The zero-order valence-corrected chi connectivity index (χ0v) is 14.4. The molecule has 3 nitrogen and oxygen atoms in total. The molecule has 1 aliphatic heterocycles. The largest absolute Gasteiger partial charge is 0.369 e. The van der Waals surface area contributed by atoms with Gasteiger partial charge in [-0.05, 0) is 49.7 Å². The Bertz CT molecular complexity index is 745. The average molecular weight is 348 g/mol. The molecule has 0 radical (unpaired) electrons. The van der Waals surface area contributed by atoms with Crippen molar-refractivity contribution in [2.75, 3.05) is 13.2 Å². The zero-order valence-electron chi connectivity index (χ0n) is 13.6. The lowest BCUT2D eigenvalue weighted by Gasteiger charge is -2.45. The van der Waals surface area contributed by atoms with Gasteiger partial charge in [0.2, 0.25) is 0 Å². The highest BCUT2D eigenvalue weighted by molar-refractivity contribution is 6.30. The van der Waals surface area contributed by atoms with E-state index >= 15 is 0 Å². The van der Waals surface area contributed by atoms with Gasteiger partial charge in [0.15, 0.2) is 0 Å². The molecule has 2 aromatic carbocycles. The lowest BCUT2D eigenvalue weighted by molar-refractivity contribution is -0.0846. The molecule has 1 saturated heterocycles. The van der Waals surface area contributed by atoms with Crippen molar-refractivity contribution in [3.8, 4) is 0 Å². The Morgan fingerprint density at radius 1 is 1.25 bits per heavy atom. The fourth-order valence-electron chi connectivity index (χ4n) is 2.86. The minimum absolute atomic E-state index is 0.0853. The first-order valence-corrected chi connectivity index (χ1v) is 8.19. The Labute approximate surface area is 146 Å². The predicted molar refractivity (Wildman–Crippen MR) is 91.7 cm³/mol. The molecule has 24 heavy (non-hydrogen) atoms. The normalized spacial score (nSPS) is 20.0. The van der Waals surface area contributed by atoms with Crippen LogP contribution in [0.25, 0.3) is 0 Å². The fourth-order valence-corrected chi connectivity index (χ4v) is 3.05. The zero-order chi connectivity index (χ0) is 17.3. The summed E-state index contributed by atoms with van der Waals surface area (Å²) in [6, 6.07) is 13.1. The van der Waals surface area contributed by atoms with Gasteiger partial charge in [0.25, 0.3) is 5.91 Å². The van der Waals surface area contributed by atoms with Gasteiger partial charge in [-0.3, -0.25) is 4.79 Å². The number of amides is 1. The second kappa shape index (κ2) is 6.54. The molecule has 1 unspecified atom stereocenters. The Balaban J connectivity index is 1.86. The van der Waals surface area contributed by atoms with Crippen molar-refractivity contribution in [2.45, 2.75) is 25.5 Å². The summed E-state index contributed by atoms with van der Waals surface area (Å²) < 4.78 is 19.0. The van der Waals surface area contributed by atoms with E-state index in [1.807, 2.05) is 13.8 Å². The van der Waals surface area contributed by atoms with E-state index in [0.717, 1.165) is 5.56 Å². The smallest absolute Gasteiger partial charge is 0.254 e. The number of benzene rings is 2. The van der Waals surface area contributed by atoms with Gasteiger partial charge < -0.3 is 9.64 Å². The van der Waals surface area contributed by atoms with Crippen LogP contribution in [0.1, 0.15) is 35.9 Å². The quantitative estimate of drug-likeness (QED) is 0.802. The number of morpholine rings is 1. The Morgan fingerprint density at radius 3 is 2.62 bits per heavy atom. The van der Waals surface area contributed by atoms with Crippen LogP contribution >= 0.6 is 11.6 Å². The van der Waals surface area contributed by atoms with E-state index < -0.39 is 5.54 Å². The first-order valence-electron chi connectivity index (χ1n) is 7.81. The number of rotatable bonds is 2. The minimum atomic E-state index is -0.435. The molecular formula is C19H19ClFNO2. The maximum absolute atomic E-state index is 13.1. The summed E-state index contributed by atoms with van der Waals surface area (Å²) in [6.45, 7) is 4.75. The number of hydrogen-bond acceptors (Lipinski definition) is 2. The molecule has 2 aromatic rings. The molecule has 1 aliphatic rings. The van der Waals surface area contributed by atoms with Crippen molar-refractivity contribution in [3.05, 3.63) is 70.5 Å². The molecule has 3 rings (SSSR count). The molecule has 5 heteroatoms. The summed E-state index contributed by atoms with van der Waals surface area (Å²) >= 11 is 6.01. The monoisotopic (exact) mass is 347 g/mol. The standard InChI is InChI=1S/C19H19ClFNO2/c1-19(2)12-24-17(13-6-8-16(21)9-7-13)11-22(19)18(23)14-4-3-5-15(20)10-14/h3-10,17H,11-12H2,1-2H3.